The Morgan fingerprint density at radius 1 is 1.17 bits per heavy atom. The summed E-state index contributed by atoms with van der Waals surface area (Å²) in [5.41, 5.74) is 3.88. The number of ether oxygens (including phenoxy) is 1. The Labute approximate surface area is 172 Å². The Balaban J connectivity index is 1.59. The number of carbonyl (C=O) groups is 1. The summed E-state index contributed by atoms with van der Waals surface area (Å²) in [4.78, 5) is 16.4. The smallest absolute Gasteiger partial charge is 0.246 e. The van der Waals surface area contributed by atoms with Crippen LogP contribution in [0.3, 0.4) is 0 Å². The van der Waals surface area contributed by atoms with Crippen molar-refractivity contribution in [3.63, 3.8) is 0 Å². The Morgan fingerprint density at radius 2 is 2.00 bits per heavy atom. The molecule has 1 aromatic heterocycles. The van der Waals surface area contributed by atoms with Gasteiger partial charge in [-0.05, 0) is 56.5 Å². The zero-order valence-electron chi connectivity index (χ0n) is 17.3. The van der Waals surface area contributed by atoms with Crippen molar-refractivity contribution < 1.29 is 9.53 Å². The van der Waals surface area contributed by atoms with Crippen LogP contribution in [0.25, 0.3) is 11.0 Å². The van der Waals surface area contributed by atoms with Gasteiger partial charge in [-0.3, -0.25) is 4.79 Å². The van der Waals surface area contributed by atoms with Gasteiger partial charge in [0.2, 0.25) is 5.91 Å². The van der Waals surface area contributed by atoms with Gasteiger partial charge in [-0.15, -0.1) is 0 Å². The molecule has 0 fully saturated rings. The largest absolute Gasteiger partial charge is 0.494 e. The van der Waals surface area contributed by atoms with Crippen molar-refractivity contribution >= 4 is 16.9 Å². The Kier molecular flexibility index (Phi) is 7.06. The molecule has 0 saturated heterocycles. The second kappa shape index (κ2) is 9.92. The molecule has 0 unspecified atom stereocenters. The van der Waals surface area contributed by atoms with E-state index in [1.54, 1.807) is 6.92 Å². The molecular formula is C24H29N3O2. The quantitative estimate of drug-likeness (QED) is 0.411. The van der Waals surface area contributed by atoms with E-state index in [9.17, 15) is 4.79 Å². The predicted octanol–water partition coefficient (Wildman–Crippen LogP) is 4.44. The van der Waals surface area contributed by atoms with E-state index in [2.05, 4.69) is 41.6 Å². The molecule has 0 bridgehead atoms. The first-order chi connectivity index (χ1) is 14.0. The first kappa shape index (κ1) is 20.6. The number of hydrogen-bond donors (Lipinski definition) is 1. The minimum absolute atomic E-state index is 0.0909. The van der Waals surface area contributed by atoms with Gasteiger partial charge in [0.15, 0.2) is 0 Å². The van der Waals surface area contributed by atoms with E-state index in [1.807, 2.05) is 30.3 Å². The molecule has 0 atom stereocenters. The van der Waals surface area contributed by atoms with Crippen LogP contribution in [0.2, 0.25) is 0 Å². The van der Waals surface area contributed by atoms with Crippen LogP contribution in [0.5, 0.6) is 5.75 Å². The Hall–Kier alpha value is -3.08. The Morgan fingerprint density at radius 3 is 2.79 bits per heavy atom. The van der Waals surface area contributed by atoms with Crippen molar-refractivity contribution in [2.45, 2.75) is 39.7 Å². The van der Waals surface area contributed by atoms with Crippen LogP contribution in [0.4, 0.5) is 0 Å². The van der Waals surface area contributed by atoms with Gasteiger partial charge in [0.25, 0.3) is 0 Å². The highest BCUT2D eigenvalue weighted by molar-refractivity contribution is 5.92. The number of rotatable bonds is 10. The molecule has 2 aromatic carbocycles. The second-order valence-electron chi connectivity index (χ2n) is 7.33. The van der Waals surface area contributed by atoms with Crippen LogP contribution in [0.1, 0.15) is 31.2 Å². The molecule has 0 spiro atoms. The minimum atomic E-state index is -0.0909. The van der Waals surface area contributed by atoms with Gasteiger partial charge in [0.1, 0.15) is 11.6 Å². The summed E-state index contributed by atoms with van der Waals surface area (Å²) >= 11 is 0. The fraction of sp³-hybridized carbons (Fsp3) is 0.333. The lowest BCUT2D eigenvalue weighted by molar-refractivity contribution is -0.117. The maximum Gasteiger partial charge on any atom is 0.246 e. The fourth-order valence-electron chi connectivity index (χ4n) is 3.28. The lowest BCUT2D eigenvalue weighted by Crippen LogP contribution is -2.25. The van der Waals surface area contributed by atoms with Crippen molar-refractivity contribution in [3.8, 4) is 5.75 Å². The zero-order chi connectivity index (χ0) is 20.6. The number of benzene rings is 2. The van der Waals surface area contributed by atoms with Crippen molar-refractivity contribution in [2.75, 3.05) is 13.2 Å². The molecule has 3 aromatic rings. The van der Waals surface area contributed by atoms with E-state index in [4.69, 9.17) is 9.72 Å². The average molecular weight is 392 g/mol. The summed E-state index contributed by atoms with van der Waals surface area (Å²) in [6, 6.07) is 16.3. The SMILES string of the molecule is C=C(C)C(=O)NCCCc1nc2ccccc2n1CCCOc1cccc(C)c1. The van der Waals surface area contributed by atoms with Gasteiger partial charge in [-0.25, -0.2) is 4.98 Å². The monoisotopic (exact) mass is 391 g/mol. The number of fused-ring (bicyclic) bond motifs is 1. The highest BCUT2D eigenvalue weighted by Gasteiger charge is 2.10. The van der Waals surface area contributed by atoms with Gasteiger partial charge < -0.3 is 14.6 Å². The highest BCUT2D eigenvalue weighted by Crippen LogP contribution is 2.18. The molecule has 0 aliphatic carbocycles. The topological polar surface area (TPSA) is 56.2 Å². The third-order valence-corrected chi connectivity index (χ3v) is 4.77. The van der Waals surface area contributed by atoms with Crippen molar-refractivity contribution in [1.82, 2.24) is 14.9 Å². The molecule has 3 rings (SSSR count). The molecule has 0 aliphatic rings. The lowest BCUT2D eigenvalue weighted by Gasteiger charge is -2.11. The Bertz CT molecular complexity index is 991. The summed E-state index contributed by atoms with van der Waals surface area (Å²) in [6.45, 7) is 9.56. The van der Waals surface area contributed by atoms with Crippen LogP contribution < -0.4 is 10.1 Å². The molecule has 5 nitrogen and oxygen atoms in total. The summed E-state index contributed by atoms with van der Waals surface area (Å²) in [6.07, 6.45) is 2.54. The van der Waals surface area contributed by atoms with Crippen LogP contribution in [-0.2, 0) is 17.8 Å². The molecule has 1 N–H and O–H groups in total. The summed E-state index contributed by atoms with van der Waals surface area (Å²) < 4.78 is 8.17. The maximum atomic E-state index is 11.6. The molecule has 0 radical (unpaired) electrons. The third-order valence-electron chi connectivity index (χ3n) is 4.77. The fourth-order valence-corrected chi connectivity index (χ4v) is 3.28. The van der Waals surface area contributed by atoms with Gasteiger partial charge >= 0.3 is 0 Å². The number of imidazole rings is 1. The molecule has 0 aliphatic heterocycles. The van der Waals surface area contributed by atoms with Crippen LogP contribution >= 0.6 is 0 Å². The van der Waals surface area contributed by atoms with Gasteiger partial charge in [-0.1, -0.05) is 30.8 Å². The van der Waals surface area contributed by atoms with Crippen molar-refractivity contribution in [3.05, 3.63) is 72.1 Å². The van der Waals surface area contributed by atoms with Crippen molar-refractivity contribution in [1.29, 1.82) is 0 Å². The highest BCUT2D eigenvalue weighted by atomic mass is 16.5. The van der Waals surface area contributed by atoms with Gasteiger partial charge in [0.05, 0.1) is 17.6 Å². The summed E-state index contributed by atoms with van der Waals surface area (Å²) in [5, 5.41) is 2.89. The van der Waals surface area contributed by atoms with E-state index in [0.717, 1.165) is 48.4 Å². The number of para-hydroxylation sites is 2. The van der Waals surface area contributed by atoms with E-state index >= 15 is 0 Å². The van der Waals surface area contributed by atoms with Crippen LogP contribution in [0, 0.1) is 6.92 Å². The maximum absolute atomic E-state index is 11.6. The number of aromatic nitrogens is 2. The number of hydrogen-bond acceptors (Lipinski definition) is 3. The molecule has 0 saturated carbocycles. The van der Waals surface area contributed by atoms with Gasteiger partial charge in [-0.2, -0.15) is 0 Å². The molecule has 29 heavy (non-hydrogen) atoms. The summed E-state index contributed by atoms with van der Waals surface area (Å²) in [5.74, 6) is 1.87. The van der Waals surface area contributed by atoms with Crippen LogP contribution in [-0.4, -0.2) is 28.6 Å². The number of carbonyl (C=O) groups excluding carboxylic acids is 1. The van der Waals surface area contributed by atoms with E-state index in [0.29, 0.717) is 18.7 Å². The second-order valence-corrected chi connectivity index (χ2v) is 7.33. The van der Waals surface area contributed by atoms with Crippen LogP contribution in [0.15, 0.2) is 60.7 Å². The molecular weight excluding hydrogens is 362 g/mol. The normalized spacial score (nSPS) is 10.8. The first-order valence-electron chi connectivity index (χ1n) is 10.1. The molecule has 5 heteroatoms. The molecule has 1 heterocycles. The lowest BCUT2D eigenvalue weighted by atomic mass is 10.2. The third kappa shape index (κ3) is 5.70. The number of nitrogens with one attached hydrogen (secondary N) is 1. The average Bonchev–Trinajstić information content (AvgIpc) is 3.06. The number of nitrogens with zero attached hydrogens (tertiary/aromatic N) is 2. The van der Waals surface area contributed by atoms with E-state index in [-0.39, 0.29) is 5.91 Å². The van der Waals surface area contributed by atoms with E-state index in [1.165, 1.54) is 5.56 Å². The number of aryl methyl sites for hydroxylation is 3. The predicted molar refractivity (Wildman–Crippen MR) is 117 cm³/mol. The summed E-state index contributed by atoms with van der Waals surface area (Å²) in [7, 11) is 0. The van der Waals surface area contributed by atoms with Crippen molar-refractivity contribution in [2.24, 2.45) is 0 Å². The standard InChI is InChI=1S/C24H29N3O2/c1-18(2)24(28)25-14-7-13-23-26-21-11-4-5-12-22(21)27(23)15-8-16-29-20-10-6-9-19(3)17-20/h4-6,9-12,17H,1,7-8,13-16H2,2-3H3,(H,25,28). The molecule has 1 amide bonds. The van der Waals surface area contributed by atoms with E-state index < -0.39 is 0 Å². The van der Waals surface area contributed by atoms with Gasteiger partial charge in [0, 0.05) is 25.1 Å². The zero-order valence-corrected chi connectivity index (χ0v) is 17.3. The number of amides is 1. The minimum Gasteiger partial charge on any atom is -0.494 e. The first-order valence-corrected chi connectivity index (χ1v) is 10.1. The molecule has 152 valence electrons.